The number of sulfonamides is 1. The Morgan fingerprint density at radius 1 is 0.949 bits per heavy atom. The van der Waals surface area contributed by atoms with Crippen molar-refractivity contribution in [3.8, 4) is 0 Å². The van der Waals surface area contributed by atoms with Crippen LogP contribution in [0.2, 0.25) is 5.02 Å². The summed E-state index contributed by atoms with van der Waals surface area (Å²) in [5.74, 6) is -0.828. The third-order valence-corrected chi connectivity index (χ3v) is 8.66. The lowest BCUT2D eigenvalue weighted by Gasteiger charge is -2.33. The van der Waals surface area contributed by atoms with Crippen LogP contribution in [-0.4, -0.2) is 43.8 Å². The number of anilines is 1. The zero-order chi connectivity index (χ0) is 28.7. The number of amides is 2. The number of carbonyl (C=O) groups excluding carboxylic acids is 2. The molecule has 2 atom stereocenters. The lowest BCUT2D eigenvalue weighted by Crippen LogP contribution is -2.52. The number of rotatable bonds is 11. The molecule has 0 spiro atoms. The lowest BCUT2D eigenvalue weighted by molar-refractivity contribution is -0.139. The number of nitrogens with zero attached hydrogens (tertiary/aromatic N) is 2. The SMILES string of the molecule is CC[C@@H](C)NC(=O)[C@@H](C)N(Cc1cccc(Cl)c1)C(=O)CN(c1cc(C)ccc1C)S(=O)(=O)c1ccccc1. The van der Waals surface area contributed by atoms with Gasteiger partial charge < -0.3 is 10.2 Å². The molecule has 0 aliphatic carbocycles. The van der Waals surface area contributed by atoms with Crippen molar-refractivity contribution < 1.29 is 18.0 Å². The van der Waals surface area contributed by atoms with Gasteiger partial charge in [0.2, 0.25) is 11.8 Å². The van der Waals surface area contributed by atoms with Crippen LogP contribution in [0.5, 0.6) is 0 Å². The molecule has 9 heteroatoms. The monoisotopic (exact) mass is 569 g/mol. The third kappa shape index (κ3) is 7.61. The van der Waals surface area contributed by atoms with Crippen molar-refractivity contribution >= 4 is 39.1 Å². The number of hydrogen-bond acceptors (Lipinski definition) is 4. The molecule has 0 radical (unpaired) electrons. The quantitative estimate of drug-likeness (QED) is 0.331. The zero-order valence-corrected chi connectivity index (χ0v) is 24.6. The molecular formula is C30H36ClN3O4S. The normalized spacial score (nSPS) is 12.9. The van der Waals surface area contributed by atoms with E-state index >= 15 is 0 Å². The Morgan fingerprint density at radius 2 is 1.64 bits per heavy atom. The number of aryl methyl sites for hydroxylation is 2. The maximum absolute atomic E-state index is 14.0. The van der Waals surface area contributed by atoms with E-state index in [1.54, 1.807) is 56.3 Å². The van der Waals surface area contributed by atoms with Gasteiger partial charge in [-0.25, -0.2) is 8.42 Å². The van der Waals surface area contributed by atoms with Crippen molar-refractivity contribution in [3.63, 3.8) is 0 Å². The molecule has 7 nitrogen and oxygen atoms in total. The number of benzene rings is 3. The minimum atomic E-state index is -4.11. The van der Waals surface area contributed by atoms with E-state index in [4.69, 9.17) is 11.6 Å². The Morgan fingerprint density at radius 3 is 2.28 bits per heavy atom. The van der Waals surface area contributed by atoms with Gasteiger partial charge in [0.15, 0.2) is 0 Å². The van der Waals surface area contributed by atoms with Gasteiger partial charge in [0, 0.05) is 17.6 Å². The largest absolute Gasteiger partial charge is 0.352 e. The molecule has 0 aromatic heterocycles. The molecule has 0 bridgehead atoms. The molecule has 3 rings (SSSR count). The summed E-state index contributed by atoms with van der Waals surface area (Å²) >= 11 is 6.19. The predicted octanol–water partition coefficient (Wildman–Crippen LogP) is 5.48. The Labute approximate surface area is 236 Å². The first-order chi connectivity index (χ1) is 18.4. The van der Waals surface area contributed by atoms with Gasteiger partial charge in [-0.2, -0.15) is 0 Å². The maximum atomic E-state index is 14.0. The van der Waals surface area contributed by atoms with Gasteiger partial charge in [-0.15, -0.1) is 0 Å². The summed E-state index contributed by atoms with van der Waals surface area (Å²) in [6.07, 6.45) is 0.733. The van der Waals surface area contributed by atoms with Crippen molar-refractivity contribution in [1.82, 2.24) is 10.2 Å². The highest BCUT2D eigenvalue weighted by atomic mass is 35.5. The molecule has 208 valence electrons. The molecule has 0 aliphatic heterocycles. The molecule has 0 unspecified atom stereocenters. The van der Waals surface area contributed by atoms with Crippen molar-refractivity contribution in [2.75, 3.05) is 10.8 Å². The van der Waals surface area contributed by atoms with E-state index in [0.717, 1.165) is 21.9 Å². The standard InChI is InChI=1S/C30H36ClN3O4S/c1-6-23(4)32-30(36)24(5)33(19-25-11-10-12-26(31)18-25)29(35)20-34(28-17-21(2)15-16-22(28)3)39(37,38)27-13-8-7-9-14-27/h7-18,23-24H,6,19-20H2,1-5H3,(H,32,36)/t23-,24-/m1/s1. The predicted molar refractivity (Wildman–Crippen MR) is 156 cm³/mol. The molecular weight excluding hydrogens is 534 g/mol. The van der Waals surface area contributed by atoms with Crippen LogP contribution in [0.1, 0.15) is 43.9 Å². The zero-order valence-electron chi connectivity index (χ0n) is 23.0. The minimum Gasteiger partial charge on any atom is -0.352 e. The number of hydrogen-bond donors (Lipinski definition) is 1. The highest BCUT2D eigenvalue weighted by Gasteiger charge is 2.33. The average molecular weight is 570 g/mol. The van der Waals surface area contributed by atoms with Crippen LogP contribution in [0.3, 0.4) is 0 Å². The second-order valence-electron chi connectivity index (χ2n) is 9.76. The van der Waals surface area contributed by atoms with Gasteiger partial charge >= 0.3 is 0 Å². The van der Waals surface area contributed by atoms with Gasteiger partial charge in [0.05, 0.1) is 10.6 Å². The van der Waals surface area contributed by atoms with E-state index in [9.17, 15) is 18.0 Å². The van der Waals surface area contributed by atoms with Gasteiger partial charge in [-0.1, -0.05) is 61.0 Å². The Kier molecular flexibility index (Phi) is 10.2. The second-order valence-corrected chi connectivity index (χ2v) is 12.1. The topological polar surface area (TPSA) is 86.8 Å². The highest BCUT2D eigenvalue weighted by Crippen LogP contribution is 2.28. The molecule has 3 aromatic carbocycles. The van der Waals surface area contributed by atoms with Gasteiger partial charge in [0.25, 0.3) is 10.0 Å². The summed E-state index contributed by atoms with van der Waals surface area (Å²) in [5.41, 5.74) is 2.69. The number of halogens is 1. The summed E-state index contributed by atoms with van der Waals surface area (Å²) < 4.78 is 28.9. The summed E-state index contributed by atoms with van der Waals surface area (Å²) in [7, 11) is -4.11. The fourth-order valence-electron chi connectivity index (χ4n) is 4.10. The summed E-state index contributed by atoms with van der Waals surface area (Å²) in [6, 6.07) is 19.6. The first-order valence-electron chi connectivity index (χ1n) is 12.9. The Bertz CT molecular complexity index is 1410. The highest BCUT2D eigenvalue weighted by molar-refractivity contribution is 7.92. The molecule has 0 aliphatic rings. The third-order valence-electron chi connectivity index (χ3n) is 6.65. The minimum absolute atomic E-state index is 0.0719. The first kappa shape index (κ1) is 30.2. The van der Waals surface area contributed by atoms with Crippen molar-refractivity contribution in [2.24, 2.45) is 0 Å². The summed E-state index contributed by atoms with van der Waals surface area (Å²) in [5, 5.41) is 3.43. The van der Waals surface area contributed by atoms with Crippen LogP contribution in [0.25, 0.3) is 0 Å². The van der Waals surface area contributed by atoms with Crippen LogP contribution in [0.15, 0.2) is 77.7 Å². The number of nitrogens with one attached hydrogen (secondary N) is 1. The molecule has 0 saturated heterocycles. The Balaban J connectivity index is 2.06. The molecule has 0 fully saturated rings. The molecule has 0 heterocycles. The van der Waals surface area contributed by atoms with Crippen LogP contribution < -0.4 is 9.62 Å². The van der Waals surface area contributed by atoms with E-state index in [1.807, 2.05) is 39.0 Å². The van der Waals surface area contributed by atoms with E-state index in [2.05, 4.69) is 5.32 Å². The van der Waals surface area contributed by atoms with Gasteiger partial charge in [-0.3, -0.25) is 13.9 Å². The Hall–Kier alpha value is -3.36. The summed E-state index contributed by atoms with van der Waals surface area (Å²) in [4.78, 5) is 28.6. The van der Waals surface area contributed by atoms with Gasteiger partial charge in [0.1, 0.15) is 12.6 Å². The maximum Gasteiger partial charge on any atom is 0.264 e. The molecule has 0 saturated carbocycles. The van der Waals surface area contributed by atoms with Crippen LogP contribution in [0, 0.1) is 13.8 Å². The van der Waals surface area contributed by atoms with Crippen LogP contribution in [-0.2, 0) is 26.2 Å². The summed E-state index contributed by atoms with van der Waals surface area (Å²) in [6.45, 7) is 8.77. The van der Waals surface area contributed by atoms with E-state index < -0.39 is 28.5 Å². The first-order valence-corrected chi connectivity index (χ1v) is 14.7. The fourth-order valence-corrected chi connectivity index (χ4v) is 5.81. The molecule has 1 N–H and O–H groups in total. The van der Waals surface area contributed by atoms with E-state index in [-0.39, 0.29) is 23.4 Å². The second kappa shape index (κ2) is 13.1. The smallest absolute Gasteiger partial charge is 0.264 e. The van der Waals surface area contributed by atoms with Crippen molar-refractivity contribution in [1.29, 1.82) is 0 Å². The van der Waals surface area contributed by atoms with Crippen molar-refractivity contribution in [2.45, 2.75) is 64.6 Å². The van der Waals surface area contributed by atoms with Crippen LogP contribution >= 0.6 is 11.6 Å². The molecule has 2 amide bonds. The molecule has 39 heavy (non-hydrogen) atoms. The van der Waals surface area contributed by atoms with Gasteiger partial charge in [-0.05, 0) is 81.1 Å². The van der Waals surface area contributed by atoms with Crippen molar-refractivity contribution in [3.05, 3.63) is 94.5 Å². The van der Waals surface area contributed by atoms with E-state index in [1.165, 1.54) is 17.0 Å². The fraction of sp³-hybridized carbons (Fsp3) is 0.333. The average Bonchev–Trinajstić information content (AvgIpc) is 2.91. The number of carbonyl (C=O) groups is 2. The molecule has 3 aromatic rings. The van der Waals surface area contributed by atoms with E-state index in [0.29, 0.717) is 16.3 Å². The lowest BCUT2D eigenvalue weighted by atomic mass is 10.1. The van der Waals surface area contributed by atoms with Crippen LogP contribution in [0.4, 0.5) is 5.69 Å².